The van der Waals surface area contributed by atoms with E-state index in [1.807, 2.05) is 24.3 Å². The molecule has 0 saturated heterocycles. The van der Waals surface area contributed by atoms with Crippen LogP contribution in [-0.2, 0) is 0 Å². The molecule has 4 heteroatoms. The highest BCUT2D eigenvalue weighted by atomic mass is 79.9. The Morgan fingerprint density at radius 1 is 1.05 bits per heavy atom. The van der Waals surface area contributed by atoms with Crippen molar-refractivity contribution in [2.24, 2.45) is 0 Å². The number of hydrogen-bond donors (Lipinski definition) is 0. The Morgan fingerprint density at radius 3 is 2.26 bits per heavy atom. The number of rotatable bonds is 4. The lowest BCUT2D eigenvalue weighted by Gasteiger charge is -2.14. The summed E-state index contributed by atoms with van der Waals surface area (Å²) in [6.45, 7) is 0. The minimum Gasteiger partial charge on any atom is -0.493 e. The van der Waals surface area contributed by atoms with Crippen molar-refractivity contribution in [3.05, 3.63) is 46.4 Å². The molecular weight excluding hydrogens is 308 g/mol. The molecule has 0 fully saturated rings. The van der Waals surface area contributed by atoms with Crippen molar-refractivity contribution in [2.45, 2.75) is 0 Å². The van der Waals surface area contributed by atoms with E-state index < -0.39 is 0 Å². The van der Waals surface area contributed by atoms with Gasteiger partial charge in [-0.2, -0.15) is 0 Å². The zero-order valence-corrected chi connectivity index (χ0v) is 12.2. The second kappa shape index (κ2) is 5.89. The minimum absolute atomic E-state index is 0.546. The van der Waals surface area contributed by atoms with E-state index in [1.165, 1.54) is 0 Å². The molecule has 19 heavy (non-hydrogen) atoms. The van der Waals surface area contributed by atoms with Gasteiger partial charge in [0.25, 0.3) is 0 Å². The second-order valence-corrected chi connectivity index (χ2v) is 4.84. The average molecular weight is 321 g/mol. The van der Waals surface area contributed by atoms with E-state index in [-0.39, 0.29) is 0 Å². The summed E-state index contributed by atoms with van der Waals surface area (Å²) in [6.07, 6.45) is 0.796. The molecule has 0 spiro atoms. The van der Waals surface area contributed by atoms with Crippen LogP contribution in [0.3, 0.4) is 0 Å². The van der Waals surface area contributed by atoms with Crippen molar-refractivity contribution in [2.75, 3.05) is 14.2 Å². The molecule has 0 aliphatic rings. The Kier molecular flexibility index (Phi) is 4.22. The van der Waals surface area contributed by atoms with Crippen molar-refractivity contribution < 1.29 is 14.3 Å². The topological polar surface area (TPSA) is 35.5 Å². The molecule has 0 aliphatic heterocycles. The Hall–Kier alpha value is -1.81. The van der Waals surface area contributed by atoms with Gasteiger partial charge >= 0.3 is 0 Å². The van der Waals surface area contributed by atoms with Crippen molar-refractivity contribution in [3.63, 3.8) is 0 Å². The van der Waals surface area contributed by atoms with Crippen LogP contribution in [0.5, 0.6) is 11.5 Å². The maximum Gasteiger partial charge on any atom is 0.168 e. The molecule has 0 atom stereocenters. The smallest absolute Gasteiger partial charge is 0.168 e. The SMILES string of the molecule is COc1cc(C=O)cc(-c2ccc(Br)cc2)c1OC. The van der Waals surface area contributed by atoms with E-state index in [1.54, 1.807) is 26.4 Å². The summed E-state index contributed by atoms with van der Waals surface area (Å²) in [4.78, 5) is 11.0. The standard InChI is InChI=1S/C15H13BrO3/c1-18-14-8-10(9-17)7-13(15(14)19-2)11-3-5-12(16)6-4-11/h3-9H,1-2H3. The van der Waals surface area contributed by atoms with Crippen LogP contribution in [0.4, 0.5) is 0 Å². The first-order valence-corrected chi connectivity index (χ1v) is 6.46. The molecular formula is C15H13BrO3. The molecule has 2 aromatic carbocycles. The van der Waals surface area contributed by atoms with Gasteiger partial charge in [0, 0.05) is 15.6 Å². The number of halogens is 1. The van der Waals surface area contributed by atoms with Crippen LogP contribution in [0.25, 0.3) is 11.1 Å². The third kappa shape index (κ3) is 2.79. The number of ether oxygens (including phenoxy) is 2. The third-order valence-electron chi connectivity index (χ3n) is 2.79. The zero-order valence-electron chi connectivity index (χ0n) is 10.6. The predicted molar refractivity (Wildman–Crippen MR) is 78.1 cm³/mol. The molecule has 3 nitrogen and oxygen atoms in total. The largest absolute Gasteiger partial charge is 0.493 e. The summed E-state index contributed by atoms with van der Waals surface area (Å²) < 4.78 is 11.7. The molecule has 0 radical (unpaired) electrons. The first-order chi connectivity index (χ1) is 9.19. The van der Waals surface area contributed by atoms with Gasteiger partial charge in [-0.05, 0) is 29.8 Å². The predicted octanol–water partition coefficient (Wildman–Crippen LogP) is 3.95. The first-order valence-electron chi connectivity index (χ1n) is 5.66. The number of methoxy groups -OCH3 is 2. The number of aldehydes is 1. The number of carbonyl (C=O) groups is 1. The van der Waals surface area contributed by atoms with Gasteiger partial charge in [0.05, 0.1) is 14.2 Å². The van der Waals surface area contributed by atoms with E-state index in [0.29, 0.717) is 17.1 Å². The summed E-state index contributed by atoms with van der Waals surface area (Å²) in [7, 11) is 3.14. The molecule has 2 rings (SSSR count). The van der Waals surface area contributed by atoms with E-state index in [4.69, 9.17) is 9.47 Å². The van der Waals surface area contributed by atoms with Crippen molar-refractivity contribution in [1.29, 1.82) is 0 Å². The third-order valence-corrected chi connectivity index (χ3v) is 3.32. The number of benzene rings is 2. The van der Waals surface area contributed by atoms with Gasteiger partial charge in [-0.1, -0.05) is 28.1 Å². The monoisotopic (exact) mass is 320 g/mol. The summed E-state index contributed by atoms with van der Waals surface area (Å²) in [5, 5.41) is 0. The molecule has 98 valence electrons. The Balaban J connectivity index is 2.65. The highest BCUT2D eigenvalue weighted by Crippen LogP contribution is 2.39. The van der Waals surface area contributed by atoms with E-state index in [2.05, 4.69) is 15.9 Å². The van der Waals surface area contributed by atoms with Crippen molar-refractivity contribution in [1.82, 2.24) is 0 Å². The van der Waals surface area contributed by atoms with Gasteiger partial charge in [0.2, 0.25) is 0 Å². The van der Waals surface area contributed by atoms with Crippen LogP contribution in [0, 0.1) is 0 Å². The van der Waals surface area contributed by atoms with Gasteiger partial charge in [-0.25, -0.2) is 0 Å². The average Bonchev–Trinajstić information content (AvgIpc) is 2.46. The molecule has 0 bridgehead atoms. The van der Waals surface area contributed by atoms with Crippen LogP contribution in [0.2, 0.25) is 0 Å². The summed E-state index contributed by atoms with van der Waals surface area (Å²) in [5.74, 6) is 1.17. The normalized spacial score (nSPS) is 10.1. The van der Waals surface area contributed by atoms with E-state index >= 15 is 0 Å². The summed E-state index contributed by atoms with van der Waals surface area (Å²) in [5.41, 5.74) is 2.34. The fraction of sp³-hybridized carbons (Fsp3) is 0.133. The van der Waals surface area contributed by atoms with Crippen LogP contribution in [0.15, 0.2) is 40.9 Å². The minimum atomic E-state index is 0.546. The van der Waals surface area contributed by atoms with Crippen LogP contribution < -0.4 is 9.47 Å². The molecule has 0 amide bonds. The molecule has 0 unspecified atom stereocenters. The van der Waals surface area contributed by atoms with E-state index in [0.717, 1.165) is 21.9 Å². The fourth-order valence-electron chi connectivity index (χ4n) is 1.90. The fourth-order valence-corrected chi connectivity index (χ4v) is 2.16. The van der Waals surface area contributed by atoms with Gasteiger partial charge in [-0.15, -0.1) is 0 Å². The Bertz CT molecular complexity index is 591. The van der Waals surface area contributed by atoms with E-state index in [9.17, 15) is 4.79 Å². The maximum atomic E-state index is 11.0. The molecule has 0 heterocycles. The van der Waals surface area contributed by atoms with Gasteiger partial charge in [0.1, 0.15) is 6.29 Å². The van der Waals surface area contributed by atoms with Crippen LogP contribution in [0.1, 0.15) is 10.4 Å². The van der Waals surface area contributed by atoms with Crippen molar-refractivity contribution >= 4 is 22.2 Å². The molecule has 0 aliphatic carbocycles. The highest BCUT2D eigenvalue weighted by Gasteiger charge is 2.13. The first kappa shape index (κ1) is 13.6. The Labute approximate surface area is 120 Å². The van der Waals surface area contributed by atoms with Crippen LogP contribution in [-0.4, -0.2) is 20.5 Å². The lowest BCUT2D eigenvalue weighted by Crippen LogP contribution is -1.95. The Morgan fingerprint density at radius 2 is 1.74 bits per heavy atom. The van der Waals surface area contributed by atoms with Crippen LogP contribution >= 0.6 is 15.9 Å². The lowest BCUT2D eigenvalue weighted by molar-refractivity contribution is 0.112. The summed E-state index contributed by atoms with van der Waals surface area (Å²) in [6, 6.07) is 11.2. The maximum absolute atomic E-state index is 11.0. The molecule has 0 aromatic heterocycles. The van der Waals surface area contributed by atoms with Gasteiger partial charge in [-0.3, -0.25) is 4.79 Å². The summed E-state index contributed by atoms with van der Waals surface area (Å²) >= 11 is 3.40. The number of carbonyl (C=O) groups excluding carboxylic acids is 1. The highest BCUT2D eigenvalue weighted by molar-refractivity contribution is 9.10. The lowest BCUT2D eigenvalue weighted by atomic mass is 10.0. The molecule has 2 aromatic rings. The van der Waals surface area contributed by atoms with Gasteiger partial charge in [0.15, 0.2) is 11.5 Å². The molecule has 0 N–H and O–H groups in total. The van der Waals surface area contributed by atoms with Gasteiger partial charge < -0.3 is 9.47 Å². The second-order valence-electron chi connectivity index (χ2n) is 3.93. The molecule has 0 saturated carbocycles. The number of hydrogen-bond acceptors (Lipinski definition) is 3. The van der Waals surface area contributed by atoms with Crippen molar-refractivity contribution in [3.8, 4) is 22.6 Å². The zero-order chi connectivity index (χ0) is 13.8. The quantitative estimate of drug-likeness (QED) is 0.800.